The molecule has 0 spiro atoms. The summed E-state index contributed by atoms with van der Waals surface area (Å²) in [5.74, 6) is -2.22. The smallest absolute Gasteiger partial charge is 0.406 e. The molecule has 1 unspecified atom stereocenters. The molecule has 5 nitrogen and oxygen atoms in total. The molecule has 1 heterocycles. The monoisotopic (exact) mass is 296 g/mol. The first-order chi connectivity index (χ1) is 9.20. The Morgan fingerprint density at radius 3 is 2.45 bits per heavy atom. The van der Waals surface area contributed by atoms with Gasteiger partial charge in [0, 0.05) is 0 Å². The van der Waals surface area contributed by atoms with Crippen LogP contribution in [0.2, 0.25) is 0 Å². The molecule has 0 saturated carbocycles. The van der Waals surface area contributed by atoms with Gasteiger partial charge in [-0.15, -0.1) is 0 Å². The lowest BCUT2D eigenvalue weighted by Crippen LogP contribution is -2.57. The highest BCUT2D eigenvalue weighted by Gasteiger charge is 2.45. The van der Waals surface area contributed by atoms with Crippen LogP contribution in [-0.4, -0.2) is 53.2 Å². The molecule has 0 aromatic heterocycles. The highest BCUT2D eigenvalue weighted by Crippen LogP contribution is 2.28. The van der Waals surface area contributed by atoms with Crippen LogP contribution in [0.15, 0.2) is 0 Å². The van der Waals surface area contributed by atoms with Crippen LogP contribution in [0.5, 0.6) is 0 Å². The number of carboxylic acids is 1. The van der Waals surface area contributed by atoms with Crippen LogP contribution in [0.1, 0.15) is 32.6 Å². The number of rotatable bonds is 6. The number of carbonyl (C=O) groups is 2. The van der Waals surface area contributed by atoms with E-state index >= 15 is 0 Å². The summed E-state index contributed by atoms with van der Waals surface area (Å²) in [4.78, 5) is 23.5. The van der Waals surface area contributed by atoms with E-state index in [0.29, 0.717) is 37.1 Å². The van der Waals surface area contributed by atoms with E-state index in [4.69, 9.17) is 5.11 Å². The normalized spacial score (nSPS) is 22.8. The van der Waals surface area contributed by atoms with Crippen molar-refractivity contribution in [3.8, 4) is 0 Å². The number of aliphatic carboxylic acids is 1. The van der Waals surface area contributed by atoms with Crippen molar-refractivity contribution in [2.45, 2.75) is 44.3 Å². The minimum Gasteiger partial charge on any atom is -0.480 e. The third-order valence-electron chi connectivity index (χ3n) is 3.31. The van der Waals surface area contributed by atoms with E-state index in [0.717, 1.165) is 0 Å². The second kappa shape index (κ2) is 6.43. The van der Waals surface area contributed by atoms with E-state index in [2.05, 4.69) is 5.32 Å². The van der Waals surface area contributed by atoms with Gasteiger partial charge >= 0.3 is 12.1 Å². The fourth-order valence-corrected chi connectivity index (χ4v) is 2.62. The average molecular weight is 296 g/mol. The van der Waals surface area contributed by atoms with E-state index in [1.54, 1.807) is 0 Å². The van der Waals surface area contributed by atoms with Gasteiger partial charge in [0.25, 0.3) is 0 Å². The highest BCUT2D eigenvalue weighted by atomic mass is 19.4. The van der Waals surface area contributed by atoms with Gasteiger partial charge in [-0.1, -0.05) is 13.3 Å². The molecular weight excluding hydrogens is 277 g/mol. The first-order valence-corrected chi connectivity index (χ1v) is 6.53. The summed E-state index contributed by atoms with van der Waals surface area (Å²) in [6, 6.07) is 0. The maximum atomic E-state index is 12.5. The number of nitrogens with zero attached hydrogens (tertiary/aromatic N) is 1. The summed E-state index contributed by atoms with van der Waals surface area (Å²) in [6.45, 7) is -0.0875. The van der Waals surface area contributed by atoms with Gasteiger partial charge in [0.1, 0.15) is 13.1 Å². The fourth-order valence-electron chi connectivity index (χ4n) is 2.62. The first kappa shape index (κ1) is 16.7. The predicted molar refractivity (Wildman–Crippen MR) is 65.1 cm³/mol. The molecule has 2 N–H and O–H groups in total. The standard InChI is InChI=1S/C12H19F3N2O3/c1-2-4-11(5-3-6-16-11)10(20)17(7-9(18)19)8-12(13,14)15/h16H,2-8H2,1H3,(H,18,19). The number of nitrogens with one attached hydrogen (secondary N) is 1. The Hall–Kier alpha value is -1.31. The summed E-state index contributed by atoms with van der Waals surface area (Å²) in [5.41, 5.74) is -1.05. The summed E-state index contributed by atoms with van der Waals surface area (Å²) in [6.07, 6.45) is -2.45. The number of carbonyl (C=O) groups excluding carboxylic acids is 1. The van der Waals surface area contributed by atoms with E-state index < -0.39 is 36.7 Å². The van der Waals surface area contributed by atoms with Crippen LogP contribution in [0.3, 0.4) is 0 Å². The zero-order chi connectivity index (χ0) is 15.4. The SMILES string of the molecule is CCCC1(C(=O)N(CC(=O)O)CC(F)(F)F)CCCN1. The molecule has 1 rings (SSSR count). The zero-order valence-corrected chi connectivity index (χ0v) is 11.3. The molecule has 116 valence electrons. The van der Waals surface area contributed by atoms with Crippen molar-refractivity contribution in [2.24, 2.45) is 0 Å². The average Bonchev–Trinajstić information content (AvgIpc) is 2.75. The maximum absolute atomic E-state index is 12.5. The Morgan fingerprint density at radius 1 is 1.40 bits per heavy atom. The van der Waals surface area contributed by atoms with Gasteiger partial charge in [-0.3, -0.25) is 9.59 Å². The van der Waals surface area contributed by atoms with Crippen LogP contribution in [0, 0.1) is 0 Å². The van der Waals surface area contributed by atoms with Crippen molar-refractivity contribution in [3.63, 3.8) is 0 Å². The van der Waals surface area contributed by atoms with Crippen LogP contribution < -0.4 is 5.32 Å². The maximum Gasteiger partial charge on any atom is 0.406 e. The fraction of sp³-hybridized carbons (Fsp3) is 0.833. The van der Waals surface area contributed by atoms with Crippen molar-refractivity contribution in [1.29, 1.82) is 0 Å². The molecule has 1 amide bonds. The molecule has 1 saturated heterocycles. The summed E-state index contributed by atoms with van der Waals surface area (Å²) >= 11 is 0. The quantitative estimate of drug-likeness (QED) is 0.777. The second-order valence-electron chi connectivity index (χ2n) is 5.03. The lowest BCUT2D eigenvalue weighted by Gasteiger charge is -2.34. The summed E-state index contributed by atoms with van der Waals surface area (Å²) < 4.78 is 37.5. The van der Waals surface area contributed by atoms with Crippen LogP contribution in [0.25, 0.3) is 0 Å². The predicted octanol–water partition coefficient (Wildman–Crippen LogP) is 1.38. The molecule has 0 aromatic rings. The number of carboxylic acid groups (broad SMARTS) is 1. The number of hydrogen-bond donors (Lipinski definition) is 2. The Labute approximate surface area is 115 Å². The van der Waals surface area contributed by atoms with Crippen molar-refractivity contribution in [3.05, 3.63) is 0 Å². The molecule has 0 bridgehead atoms. The molecule has 0 radical (unpaired) electrons. The Bertz CT molecular complexity index is 365. The third kappa shape index (κ3) is 4.36. The number of hydrogen-bond acceptors (Lipinski definition) is 3. The van der Waals surface area contributed by atoms with Gasteiger partial charge in [-0.05, 0) is 25.8 Å². The minimum absolute atomic E-state index is 0.385. The largest absolute Gasteiger partial charge is 0.480 e. The molecule has 0 aromatic carbocycles. The number of amides is 1. The molecule has 1 fully saturated rings. The third-order valence-corrected chi connectivity index (χ3v) is 3.31. The minimum atomic E-state index is -4.61. The topological polar surface area (TPSA) is 69.6 Å². The van der Waals surface area contributed by atoms with Gasteiger partial charge in [0.2, 0.25) is 5.91 Å². The number of halogens is 3. The molecule has 0 aliphatic carbocycles. The summed E-state index contributed by atoms with van der Waals surface area (Å²) in [7, 11) is 0. The van der Waals surface area contributed by atoms with E-state index in [-0.39, 0.29) is 0 Å². The highest BCUT2D eigenvalue weighted by molar-refractivity contribution is 5.89. The molecule has 20 heavy (non-hydrogen) atoms. The molecular formula is C12H19F3N2O3. The van der Waals surface area contributed by atoms with E-state index in [9.17, 15) is 22.8 Å². The number of alkyl halides is 3. The Kier molecular flexibility index (Phi) is 5.38. The van der Waals surface area contributed by atoms with Crippen LogP contribution >= 0.6 is 0 Å². The van der Waals surface area contributed by atoms with Gasteiger partial charge in [0.05, 0.1) is 5.54 Å². The van der Waals surface area contributed by atoms with Gasteiger partial charge in [0.15, 0.2) is 0 Å². The van der Waals surface area contributed by atoms with Crippen LogP contribution in [0.4, 0.5) is 13.2 Å². The van der Waals surface area contributed by atoms with E-state index in [1.807, 2.05) is 6.92 Å². The molecule has 1 aliphatic rings. The molecule has 8 heteroatoms. The van der Waals surface area contributed by atoms with Crippen molar-refractivity contribution >= 4 is 11.9 Å². The Balaban J connectivity index is 2.92. The molecule has 1 aliphatic heterocycles. The van der Waals surface area contributed by atoms with Crippen molar-refractivity contribution in [1.82, 2.24) is 10.2 Å². The van der Waals surface area contributed by atoms with E-state index in [1.165, 1.54) is 0 Å². The lowest BCUT2D eigenvalue weighted by atomic mass is 9.90. The van der Waals surface area contributed by atoms with Crippen molar-refractivity contribution < 1.29 is 27.9 Å². The first-order valence-electron chi connectivity index (χ1n) is 6.53. The zero-order valence-electron chi connectivity index (χ0n) is 11.3. The van der Waals surface area contributed by atoms with Crippen LogP contribution in [-0.2, 0) is 9.59 Å². The van der Waals surface area contributed by atoms with Crippen molar-refractivity contribution in [2.75, 3.05) is 19.6 Å². The molecule has 1 atom stereocenters. The lowest BCUT2D eigenvalue weighted by molar-refractivity contribution is -0.169. The van der Waals surface area contributed by atoms with Gasteiger partial charge in [-0.25, -0.2) is 0 Å². The summed E-state index contributed by atoms with van der Waals surface area (Å²) in [5, 5.41) is 11.7. The van der Waals surface area contributed by atoms with Gasteiger partial charge < -0.3 is 15.3 Å². The Morgan fingerprint density at radius 2 is 2.05 bits per heavy atom. The van der Waals surface area contributed by atoms with Gasteiger partial charge in [-0.2, -0.15) is 13.2 Å². The second-order valence-corrected chi connectivity index (χ2v) is 5.03.